The predicted molar refractivity (Wildman–Crippen MR) is 148 cm³/mol. The van der Waals surface area contributed by atoms with E-state index in [1.165, 1.54) is 38.3 Å². The molecule has 2 aromatic carbocycles. The van der Waals surface area contributed by atoms with Crippen molar-refractivity contribution < 1.29 is 69.0 Å². The lowest BCUT2D eigenvalue weighted by Gasteiger charge is -2.42. The van der Waals surface area contributed by atoms with E-state index in [4.69, 9.17) is 39.7 Å². The van der Waals surface area contributed by atoms with Crippen LogP contribution in [0.15, 0.2) is 39.5 Å². The van der Waals surface area contributed by atoms with Crippen LogP contribution in [0.25, 0.3) is 22.3 Å². The van der Waals surface area contributed by atoms with Crippen LogP contribution in [0.3, 0.4) is 0 Å². The Kier molecular flexibility index (Phi) is 9.25. The molecule has 0 bridgehead atoms. The molecule has 0 amide bonds. The maximum atomic E-state index is 13.0. The van der Waals surface area contributed by atoms with Crippen molar-refractivity contribution in [2.24, 2.45) is 0 Å². The lowest BCUT2D eigenvalue weighted by atomic mass is 9.98. The fourth-order valence-electron chi connectivity index (χ4n) is 4.96. The van der Waals surface area contributed by atoms with Crippen LogP contribution >= 0.6 is 11.6 Å². The summed E-state index contributed by atoms with van der Waals surface area (Å²) in [6.45, 7) is 0.932. The van der Waals surface area contributed by atoms with E-state index in [0.29, 0.717) is 0 Å². The fraction of sp³-hybridized carbons (Fsp3) is 0.464. The molecule has 5 rings (SSSR count). The van der Waals surface area contributed by atoms with Gasteiger partial charge in [0.15, 0.2) is 23.5 Å². The first-order valence-corrected chi connectivity index (χ1v) is 13.7. The molecule has 0 radical (unpaired) electrons. The molecular formula is C28H31ClO15. The SMILES string of the molecule is COc1ccc(-c2oc3cc(OC4O[C@H](CO[C@@H]5O[C@@H](C)[C@H](O)[C@@H](O)[C@H]5O)[C@@H](O)[C@H](O)[C@H]4O)cc(O)c3c(=O)c2Cl)cc1O. The first-order valence-electron chi connectivity index (χ1n) is 13.4. The summed E-state index contributed by atoms with van der Waals surface area (Å²) in [5, 5.41) is 81.7. The first kappa shape index (κ1) is 32.2. The van der Waals surface area contributed by atoms with Gasteiger partial charge in [-0.3, -0.25) is 4.79 Å². The van der Waals surface area contributed by atoms with Crippen LogP contribution in [0.2, 0.25) is 5.02 Å². The number of rotatable bonds is 7. The van der Waals surface area contributed by atoms with Crippen molar-refractivity contribution in [2.75, 3.05) is 13.7 Å². The van der Waals surface area contributed by atoms with Crippen molar-refractivity contribution >= 4 is 22.6 Å². The highest BCUT2D eigenvalue weighted by Gasteiger charge is 2.47. The molecule has 3 heterocycles. The maximum Gasteiger partial charge on any atom is 0.229 e. The molecule has 3 aromatic rings. The summed E-state index contributed by atoms with van der Waals surface area (Å²) in [5.74, 6) is -1.01. The molecule has 240 valence electrons. The number of hydrogen-bond donors (Lipinski definition) is 8. The van der Waals surface area contributed by atoms with Gasteiger partial charge in [0.2, 0.25) is 11.7 Å². The lowest BCUT2D eigenvalue weighted by molar-refractivity contribution is -0.318. The monoisotopic (exact) mass is 642 g/mol. The highest BCUT2D eigenvalue weighted by atomic mass is 35.5. The predicted octanol–water partition coefficient (Wildman–Crippen LogP) is -0.436. The zero-order valence-corrected chi connectivity index (χ0v) is 23.9. The third kappa shape index (κ3) is 5.91. The van der Waals surface area contributed by atoms with Gasteiger partial charge in [0.25, 0.3) is 0 Å². The number of phenols is 2. The van der Waals surface area contributed by atoms with Gasteiger partial charge in [0, 0.05) is 17.7 Å². The average molecular weight is 643 g/mol. The number of hydrogen-bond acceptors (Lipinski definition) is 15. The molecule has 8 N–H and O–H groups in total. The summed E-state index contributed by atoms with van der Waals surface area (Å²) in [6, 6.07) is 6.39. The van der Waals surface area contributed by atoms with Gasteiger partial charge in [0.05, 0.1) is 19.8 Å². The normalized spacial score (nSPS) is 32.5. The van der Waals surface area contributed by atoms with E-state index in [9.17, 15) is 45.6 Å². The number of halogens is 1. The largest absolute Gasteiger partial charge is 0.507 e. The van der Waals surface area contributed by atoms with Crippen molar-refractivity contribution in [1.82, 2.24) is 0 Å². The number of aliphatic hydroxyl groups is 6. The molecule has 10 atom stereocenters. The van der Waals surface area contributed by atoms with Crippen LogP contribution < -0.4 is 14.9 Å². The van der Waals surface area contributed by atoms with Gasteiger partial charge in [-0.15, -0.1) is 0 Å². The van der Waals surface area contributed by atoms with Gasteiger partial charge >= 0.3 is 0 Å². The van der Waals surface area contributed by atoms with E-state index < -0.39 is 79.2 Å². The third-order valence-electron chi connectivity index (χ3n) is 7.49. The summed E-state index contributed by atoms with van der Waals surface area (Å²) in [6.07, 6.45) is -15.2. The van der Waals surface area contributed by atoms with Crippen molar-refractivity contribution in [2.45, 2.75) is 68.3 Å². The Balaban J connectivity index is 1.39. The Hall–Kier alpha value is -3.22. The highest BCUT2D eigenvalue weighted by Crippen LogP contribution is 2.38. The van der Waals surface area contributed by atoms with Crippen molar-refractivity contribution in [1.29, 1.82) is 0 Å². The van der Waals surface area contributed by atoms with Crippen LogP contribution in [0.1, 0.15) is 6.92 Å². The molecule has 15 nitrogen and oxygen atoms in total. The number of methoxy groups -OCH3 is 1. The molecule has 2 saturated heterocycles. The van der Waals surface area contributed by atoms with Crippen molar-refractivity contribution in [3.8, 4) is 34.3 Å². The summed E-state index contributed by atoms with van der Waals surface area (Å²) in [4.78, 5) is 13.0. The average Bonchev–Trinajstić information content (AvgIpc) is 2.99. The molecular weight excluding hydrogens is 612 g/mol. The van der Waals surface area contributed by atoms with Crippen molar-refractivity contribution in [3.05, 3.63) is 45.6 Å². The van der Waals surface area contributed by atoms with Gasteiger partial charge < -0.3 is 69.0 Å². The Morgan fingerprint density at radius 3 is 2.20 bits per heavy atom. The van der Waals surface area contributed by atoms with E-state index in [-0.39, 0.29) is 44.6 Å². The Morgan fingerprint density at radius 1 is 0.841 bits per heavy atom. The minimum Gasteiger partial charge on any atom is -0.507 e. The quantitative estimate of drug-likeness (QED) is 0.163. The minimum atomic E-state index is -1.80. The topological polar surface area (TPSA) is 238 Å². The summed E-state index contributed by atoms with van der Waals surface area (Å²) >= 11 is 6.25. The molecule has 2 aliphatic rings. The summed E-state index contributed by atoms with van der Waals surface area (Å²) in [5.41, 5.74) is -0.762. The van der Waals surface area contributed by atoms with Gasteiger partial charge in [-0.05, 0) is 25.1 Å². The first-order chi connectivity index (χ1) is 20.8. The molecule has 1 aromatic heterocycles. The lowest BCUT2D eigenvalue weighted by Crippen LogP contribution is -2.61. The molecule has 1 unspecified atom stereocenters. The number of aliphatic hydroxyl groups excluding tert-OH is 6. The Bertz CT molecular complexity index is 1560. The second-order valence-corrected chi connectivity index (χ2v) is 10.8. The maximum absolute atomic E-state index is 13.0. The van der Waals surface area contributed by atoms with E-state index in [0.717, 1.165) is 6.07 Å². The molecule has 0 saturated carbocycles. The van der Waals surface area contributed by atoms with Crippen LogP contribution in [0.4, 0.5) is 0 Å². The number of aromatic hydroxyl groups is 2. The Morgan fingerprint density at radius 2 is 1.52 bits per heavy atom. The number of benzene rings is 2. The van der Waals surface area contributed by atoms with Gasteiger partial charge in [-0.2, -0.15) is 0 Å². The summed E-state index contributed by atoms with van der Waals surface area (Å²) in [7, 11) is 1.36. The molecule has 44 heavy (non-hydrogen) atoms. The zero-order chi connectivity index (χ0) is 32.0. The minimum absolute atomic E-state index is 0.137. The van der Waals surface area contributed by atoms with Crippen LogP contribution in [0, 0.1) is 0 Å². The van der Waals surface area contributed by atoms with E-state index >= 15 is 0 Å². The van der Waals surface area contributed by atoms with E-state index in [1.807, 2.05) is 0 Å². The Labute approximate surface area is 253 Å². The molecule has 0 aliphatic carbocycles. The number of ether oxygens (including phenoxy) is 5. The second kappa shape index (κ2) is 12.6. The van der Waals surface area contributed by atoms with Crippen LogP contribution in [-0.4, -0.2) is 116 Å². The van der Waals surface area contributed by atoms with E-state index in [1.54, 1.807) is 0 Å². The zero-order valence-electron chi connectivity index (χ0n) is 23.2. The van der Waals surface area contributed by atoms with Gasteiger partial charge in [-0.1, -0.05) is 11.6 Å². The standard InChI is InChI=1S/C28H31ClO15/c1-9-19(32)22(35)24(37)27(41-9)40-8-16-20(33)23(36)25(38)28(44-16)42-11-6-13(31)17-15(7-11)43-26(18(29)21(17)34)10-3-4-14(39-2)12(30)5-10/h3-7,9,16,19-20,22-25,27-28,30-33,35-38H,8H2,1-2H3/t9-,16+,19-,20+,22+,23-,24+,25+,27+,28?/m0/s1. The van der Waals surface area contributed by atoms with E-state index in [2.05, 4.69) is 0 Å². The highest BCUT2D eigenvalue weighted by molar-refractivity contribution is 6.33. The molecule has 16 heteroatoms. The smallest absolute Gasteiger partial charge is 0.229 e. The molecule has 0 spiro atoms. The van der Waals surface area contributed by atoms with Crippen LogP contribution in [-0.2, 0) is 14.2 Å². The number of fused-ring (bicyclic) bond motifs is 1. The van der Waals surface area contributed by atoms with Crippen LogP contribution in [0.5, 0.6) is 23.0 Å². The molecule has 2 aliphatic heterocycles. The second-order valence-electron chi connectivity index (χ2n) is 10.4. The molecule has 2 fully saturated rings. The van der Waals surface area contributed by atoms with Crippen molar-refractivity contribution in [3.63, 3.8) is 0 Å². The summed E-state index contributed by atoms with van der Waals surface area (Å²) < 4.78 is 32.9. The fourth-order valence-corrected chi connectivity index (χ4v) is 5.21. The third-order valence-corrected chi connectivity index (χ3v) is 7.83. The number of phenolic OH excluding ortho intramolecular Hbond substituents is 2. The van der Waals surface area contributed by atoms with Gasteiger partial charge in [0.1, 0.15) is 70.2 Å². The van der Waals surface area contributed by atoms with Gasteiger partial charge in [-0.25, -0.2) is 0 Å².